The summed E-state index contributed by atoms with van der Waals surface area (Å²) in [5.41, 5.74) is 2.38. The largest absolute Gasteiger partial charge is 0.350 e. The van der Waals surface area contributed by atoms with E-state index in [4.69, 9.17) is 4.98 Å². The molecule has 0 saturated carbocycles. The molecule has 2 heterocycles. The summed E-state index contributed by atoms with van der Waals surface area (Å²) in [6.07, 6.45) is 0. The molecule has 0 aliphatic heterocycles. The number of para-hydroxylation sites is 2. The maximum atomic E-state index is 13.5. The summed E-state index contributed by atoms with van der Waals surface area (Å²) >= 11 is 2.89. The summed E-state index contributed by atoms with van der Waals surface area (Å²) in [7, 11) is 0. The van der Waals surface area contributed by atoms with Gasteiger partial charge in [0.05, 0.1) is 28.9 Å². The monoisotopic (exact) mass is 449 g/mol. The number of carbonyl (C=O) groups is 1. The van der Waals surface area contributed by atoms with Gasteiger partial charge in [-0.05, 0) is 41.1 Å². The smallest absolute Gasteiger partial charge is 0.266 e. The molecule has 0 atom stereocenters. The first-order chi connectivity index (χ1) is 15.0. The first-order valence-corrected chi connectivity index (χ1v) is 11.9. The number of fused-ring (bicyclic) bond motifs is 1. The van der Waals surface area contributed by atoms with E-state index in [1.165, 1.54) is 11.8 Å². The first kappa shape index (κ1) is 21.3. The van der Waals surface area contributed by atoms with Crippen molar-refractivity contribution >= 4 is 39.9 Å². The molecule has 0 bridgehead atoms. The summed E-state index contributed by atoms with van der Waals surface area (Å²) in [6, 6.07) is 19.1. The molecular formula is C24H23N3O2S2. The van der Waals surface area contributed by atoms with Gasteiger partial charge in [-0.1, -0.05) is 62.0 Å². The molecule has 0 aliphatic carbocycles. The third-order valence-corrected chi connectivity index (χ3v) is 6.73. The van der Waals surface area contributed by atoms with Gasteiger partial charge >= 0.3 is 0 Å². The topological polar surface area (TPSA) is 64.0 Å². The highest BCUT2D eigenvalue weighted by molar-refractivity contribution is 7.99. The Labute approximate surface area is 189 Å². The lowest BCUT2D eigenvalue weighted by Gasteiger charge is -2.18. The fourth-order valence-corrected chi connectivity index (χ4v) is 4.86. The van der Waals surface area contributed by atoms with E-state index in [1.807, 2.05) is 60.0 Å². The second-order valence-electron chi connectivity index (χ2n) is 7.41. The van der Waals surface area contributed by atoms with Gasteiger partial charge in [-0.25, -0.2) is 4.98 Å². The van der Waals surface area contributed by atoms with Crippen LogP contribution in [0.5, 0.6) is 0 Å². The summed E-state index contributed by atoms with van der Waals surface area (Å²) < 4.78 is 1.65. The number of hydrogen-bond acceptors (Lipinski definition) is 5. The van der Waals surface area contributed by atoms with Crippen LogP contribution in [0, 0.1) is 0 Å². The summed E-state index contributed by atoms with van der Waals surface area (Å²) in [5, 5.41) is 6.00. The van der Waals surface area contributed by atoms with E-state index in [0.717, 1.165) is 16.1 Å². The molecular weight excluding hydrogens is 426 g/mol. The zero-order valence-corrected chi connectivity index (χ0v) is 19.0. The summed E-state index contributed by atoms with van der Waals surface area (Å²) in [5.74, 6) is 0.325. The molecule has 7 heteroatoms. The molecule has 4 rings (SSSR count). The van der Waals surface area contributed by atoms with Crippen molar-refractivity contribution in [1.29, 1.82) is 0 Å². The van der Waals surface area contributed by atoms with E-state index in [0.29, 0.717) is 22.6 Å². The zero-order chi connectivity index (χ0) is 21.8. The minimum absolute atomic E-state index is 0.0931. The summed E-state index contributed by atoms with van der Waals surface area (Å²) in [6.45, 7) is 4.71. The molecule has 1 amide bonds. The highest BCUT2D eigenvalue weighted by Gasteiger charge is 2.17. The quantitative estimate of drug-likeness (QED) is 0.319. The molecule has 31 heavy (non-hydrogen) atoms. The number of thiophene rings is 1. The number of benzene rings is 2. The average molecular weight is 450 g/mol. The SMILES string of the molecule is CC(C)c1ccccc1-n1c(SCC(=O)NCc2cccs2)nc2ccccc2c1=O. The Morgan fingerprint density at radius 3 is 2.65 bits per heavy atom. The Bertz CT molecular complexity index is 1260. The van der Waals surface area contributed by atoms with Crippen molar-refractivity contribution in [2.24, 2.45) is 0 Å². The predicted molar refractivity (Wildman–Crippen MR) is 128 cm³/mol. The van der Waals surface area contributed by atoms with Crippen LogP contribution in [0.25, 0.3) is 16.6 Å². The molecule has 2 aromatic heterocycles. The Morgan fingerprint density at radius 1 is 1.10 bits per heavy atom. The molecule has 0 saturated heterocycles. The van der Waals surface area contributed by atoms with Gasteiger partial charge in [0.15, 0.2) is 5.16 Å². The molecule has 2 aromatic carbocycles. The van der Waals surface area contributed by atoms with Crippen LogP contribution in [0.4, 0.5) is 0 Å². The van der Waals surface area contributed by atoms with Crippen molar-refractivity contribution in [3.05, 3.63) is 86.8 Å². The van der Waals surface area contributed by atoms with Crippen LogP contribution in [-0.4, -0.2) is 21.2 Å². The maximum Gasteiger partial charge on any atom is 0.266 e. The van der Waals surface area contributed by atoms with Crippen molar-refractivity contribution in [2.45, 2.75) is 31.5 Å². The fourth-order valence-electron chi connectivity index (χ4n) is 3.38. The lowest BCUT2D eigenvalue weighted by Crippen LogP contribution is -2.26. The second-order valence-corrected chi connectivity index (χ2v) is 9.39. The van der Waals surface area contributed by atoms with E-state index in [2.05, 4.69) is 19.2 Å². The van der Waals surface area contributed by atoms with Gasteiger partial charge < -0.3 is 5.32 Å². The van der Waals surface area contributed by atoms with E-state index in [1.54, 1.807) is 22.0 Å². The van der Waals surface area contributed by atoms with Gasteiger partial charge in [0.25, 0.3) is 5.56 Å². The summed E-state index contributed by atoms with van der Waals surface area (Å²) in [4.78, 5) is 31.7. The van der Waals surface area contributed by atoms with Gasteiger partial charge in [0.1, 0.15) is 0 Å². The van der Waals surface area contributed by atoms with E-state index in [9.17, 15) is 9.59 Å². The molecule has 158 valence electrons. The highest BCUT2D eigenvalue weighted by Crippen LogP contribution is 2.27. The van der Waals surface area contributed by atoms with Gasteiger partial charge in [-0.2, -0.15) is 0 Å². The molecule has 5 nitrogen and oxygen atoms in total. The Kier molecular flexibility index (Phi) is 6.53. The molecule has 4 aromatic rings. The second kappa shape index (κ2) is 9.49. The van der Waals surface area contributed by atoms with E-state index < -0.39 is 0 Å². The lowest BCUT2D eigenvalue weighted by atomic mass is 10.0. The van der Waals surface area contributed by atoms with Gasteiger partial charge in [0, 0.05) is 4.88 Å². The lowest BCUT2D eigenvalue weighted by molar-refractivity contribution is -0.118. The molecule has 1 N–H and O–H groups in total. The van der Waals surface area contributed by atoms with Crippen LogP contribution < -0.4 is 10.9 Å². The van der Waals surface area contributed by atoms with Crippen LogP contribution >= 0.6 is 23.1 Å². The minimum atomic E-state index is -0.125. The van der Waals surface area contributed by atoms with Crippen LogP contribution in [0.15, 0.2) is 76.0 Å². The molecule has 0 aliphatic rings. The number of rotatable bonds is 7. The number of aromatic nitrogens is 2. The number of nitrogens with zero attached hydrogens (tertiary/aromatic N) is 2. The maximum absolute atomic E-state index is 13.5. The van der Waals surface area contributed by atoms with Crippen molar-refractivity contribution in [3.63, 3.8) is 0 Å². The van der Waals surface area contributed by atoms with Crippen LogP contribution in [-0.2, 0) is 11.3 Å². The third kappa shape index (κ3) is 4.73. The Balaban J connectivity index is 1.70. The van der Waals surface area contributed by atoms with E-state index >= 15 is 0 Å². The van der Waals surface area contributed by atoms with Gasteiger partial charge in [-0.3, -0.25) is 14.2 Å². The van der Waals surface area contributed by atoms with Crippen LogP contribution in [0.2, 0.25) is 0 Å². The highest BCUT2D eigenvalue weighted by atomic mass is 32.2. The fraction of sp³-hybridized carbons (Fsp3) is 0.208. The predicted octanol–water partition coefficient (Wildman–Crippen LogP) is 4.98. The standard InChI is InChI=1S/C24H23N3O2S2/c1-16(2)18-9-4-6-12-21(18)27-23(29)19-10-3-5-11-20(19)26-24(27)31-15-22(28)25-14-17-8-7-13-30-17/h3-13,16H,14-15H2,1-2H3,(H,25,28). The molecule has 0 fully saturated rings. The number of nitrogens with one attached hydrogen (secondary N) is 1. The third-order valence-electron chi connectivity index (χ3n) is 4.92. The number of carbonyl (C=O) groups excluding carboxylic acids is 1. The normalized spacial score (nSPS) is 11.2. The van der Waals surface area contributed by atoms with E-state index in [-0.39, 0.29) is 23.1 Å². The molecule has 0 radical (unpaired) electrons. The van der Waals surface area contributed by atoms with Gasteiger partial charge in [0.2, 0.25) is 5.91 Å². The van der Waals surface area contributed by atoms with Crippen molar-refractivity contribution in [3.8, 4) is 5.69 Å². The molecule has 0 unspecified atom stereocenters. The Morgan fingerprint density at radius 2 is 1.87 bits per heavy atom. The van der Waals surface area contributed by atoms with Crippen LogP contribution in [0.3, 0.4) is 0 Å². The average Bonchev–Trinajstić information content (AvgIpc) is 3.30. The van der Waals surface area contributed by atoms with Crippen molar-refractivity contribution < 1.29 is 4.79 Å². The minimum Gasteiger partial charge on any atom is -0.350 e. The van der Waals surface area contributed by atoms with Crippen LogP contribution in [0.1, 0.15) is 30.2 Å². The first-order valence-electron chi connectivity index (χ1n) is 10.1. The molecule has 0 spiro atoms. The van der Waals surface area contributed by atoms with Crippen molar-refractivity contribution in [2.75, 3.05) is 5.75 Å². The Hall–Kier alpha value is -2.90. The van der Waals surface area contributed by atoms with Gasteiger partial charge in [-0.15, -0.1) is 11.3 Å². The number of hydrogen-bond donors (Lipinski definition) is 1. The number of amides is 1. The van der Waals surface area contributed by atoms with Crippen molar-refractivity contribution in [1.82, 2.24) is 14.9 Å². The number of thioether (sulfide) groups is 1. The zero-order valence-electron chi connectivity index (χ0n) is 17.4.